The number of amides is 1. The normalized spacial score (nSPS) is 16.3. The van der Waals surface area contributed by atoms with Crippen molar-refractivity contribution in [1.82, 2.24) is 10.6 Å². The molecule has 1 atom stereocenters. The minimum absolute atomic E-state index is 0.143. The summed E-state index contributed by atoms with van der Waals surface area (Å²) in [6.07, 6.45) is 0. The van der Waals surface area contributed by atoms with E-state index in [4.69, 9.17) is 12.2 Å². The molecule has 2 aromatic carbocycles. The van der Waals surface area contributed by atoms with Crippen molar-refractivity contribution in [3.63, 3.8) is 0 Å². The van der Waals surface area contributed by atoms with Gasteiger partial charge in [-0.3, -0.25) is 4.79 Å². The maximum absolute atomic E-state index is 13.2. The van der Waals surface area contributed by atoms with Crippen LogP contribution in [-0.2, 0) is 4.79 Å². The fourth-order valence-electron chi connectivity index (χ4n) is 3.29. The zero-order chi connectivity index (χ0) is 20.4. The van der Waals surface area contributed by atoms with Crippen molar-refractivity contribution in [3.8, 4) is 0 Å². The molecule has 6 heteroatoms. The molecule has 0 saturated heterocycles. The molecule has 0 radical (unpaired) electrons. The Morgan fingerprint density at radius 1 is 1.07 bits per heavy atom. The van der Waals surface area contributed by atoms with Crippen LogP contribution in [0.15, 0.2) is 53.7 Å². The first-order chi connectivity index (χ1) is 13.3. The number of thiocarbonyl (C=S) groups is 1. The molecule has 3 rings (SSSR count). The van der Waals surface area contributed by atoms with Crippen molar-refractivity contribution in [2.75, 3.05) is 24.3 Å². The minimum atomic E-state index is -0.310. The average Bonchev–Trinajstić information content (AvgIpc) is 2.64. The Hall–Kier alpha value is -2.86. The summed E-state index contributed by atoms with van der Waals surface area (Å²) in [5.41, 5.74) is 6.50. The number of hydrogen-bond donors (Lipinski definition) is 3. The molecular weight excluding hydrogens is 368 g/mol. The highest BCUT2D eigenvalue weighted by Crippen LogP contribution is 2.29. The van der Waals surface area contributed by atoms with E-state index >= 15 is 0 Å². The molecule has 5 nitrogen and oxygen atoms in total. The standard InChI is InChI=1S/C22H26N4OS/c1-13-7-6-8-18(14(13)2)24-21(27)19-15(3)23-22(28)25-20(19)16-9-11-17(12-10-16)26(4)5/h6-12,20H,1-5H3,(H,24,27)(H2,23,25,28)/t20-/m0/s1. The van der Waals surface area contributed by atoms with Crippen molar-refractivity contribution >= 4 is 34.6 Å². The van der Waals surface area contributed by atoms with Gasteiger partial charge in [0.2, 0.25) is 0 Å². The van der Waals surface area contributed by atoms with Crippen molar-refractivity contribution in [3.05, 3.63) is 70.4 Å². The lowest BCUT2D eigenvalue weighted by molar-refractivity contribution is -0.113. The van der Waals surface area contributed by atoms with Gasteiger partial charge in [0, 0.05) is 31.2 Å². The van der Waals surface area contributed by atoms with Crippen molar-refractivity contribution < 1.29 is 4.79 Å². The zero-order valence-corrected chi connectivity index (χ0v) is 17.7. The van der Waals surface area contributed by atoms with E-state index in [1.54, 1.807) is 0 Å². The molecule has 146 valence electrons. The van der Waals surface area contributed by atoms with E-state index in [-0.39, 0.29) is 11.9 Å². The number of nitrogens with zero attached hydrogens (tertiary/aromatic N) is 1. The van der Waals surface area contributed by atoms with E-state index in [2.05, 4.69) is 16.0 Å². The maximum atomic E-state index is 13.2. The van der Waals surface area contributed by atoms with E-state index in [0.717, 1.165) is 33.8 Å². The number of carbonyl (C=O) groups is 1. The summed E-state index contributed by atoms with van der Waals surface area (Å²) in [5, 5.41) is 9.91. The second-order valence-corrected chi connectivity index (χ2v) is 7.67. The van der Waals surface area contributed by atoms with E-state index in [9.17, 15) is 4.79 Å². The summed E-state index contributed by atoms with van der Waals surface area (Å²) in [6, 6.07) is 13.7. The summed E-state index contributed by atoms with van der Waals surface area (Å²) >= 11 is 5.34. The van der Waals surface area contributed by atoms with Crippen LogP contribution in [0.25, 0.3) is 0 Å². The molecule has 0 aromatic heterocycles. The second-order valence-electron chi connectivity index (χ2n) is 7.26. The van der Waals surface area contributed by atoms with Gasteiger partial charge in [0.1, 0.15) is 0 Å². The molecule has 1 heterocycles. The second kappa shape index (κ2) is 8.02. The quantitative estimate of drug-likeness (QED) is 0.689. The van der Waals surface area contributed by atoms with Crippen LogP contribution in [-0.4, -0.2) is 25.1 Å². The Morgan fingerprint density at radius 2 is 1.75 bits per heavy atom. The Balaban J connectivity index is 1.95. The lowest BCUT2D eigenvalue weighted by Crippen LogP contribution is -2.45. The van der Waals surface area contributed by atoms with E-state index in [1.165, 1.54) is 0 Å². The molecule has 1 amide bonds. The zero-order valence-electron chi connectivity index (χ0n) is 16.9. The van der Waals surface area contributed by atoms with Crippen LogP contribution in [0.4, 0.5) is 11.4 Å². The van der Waals surface area contributed by atoms with E-state index < -0.39 is 0 Å². The predicted octanol–water partition coefficient (Wildman–Crippen LogP) is 3.80. The van der Waals surface area contributed by atoms with Crippen molar-refractivity contribution in [2.45, 2.75) is 26.8 Å². The predicted molar refractivity (Wildman–Crippen MR) is 120 cm³/mol. The number of nitrogens with one attached hydrogen (secondary N) is 3. The van der Waals surface area contributed by atoms with Gasteiger partial charge in [-0.15, -0.1) is 0 Å². The third kappa shape index (κ3) is 4.02. The number of rotatable bonds is 4. The molecule has 1 aliphatic rings. The van der Waals surface area contributed by atoms with E-state index in [1.807, 2.05) is 82.2 Å². The van der Waals surface area contributed by atoms with Crippen molar-refractivity contribution in [2.24, 2.45) is 0 Å². The molecule has 0 bridgehead atoms. The van der Waals surface area contributed by atoms with Crippen LogP contribution < -0.4 is 20.9 Å². The van der Waals surface area contributed by atoms with Crippen LogP contribution in [0, 0.1) is 13.8 Å². The van der Waals surface area contributed by atoms with Gasteiger partial charge in [-0.25, -0.2) is 0 Å². The number of allylic oxidation sites excluding steroid dienone is 1. The summed E-state index contributed by atoms with van der Waals surface area (Å²) in [7, 11) is 4.00. The number of aryl methyl sites for hydroxylation is 1. The molecule has 2 aromatic rings. The number of anilines is 2. The van der Waals surface area contributed by atoms with Gasteiger partial charge >= 0.3 is 0 Å². The van der Waals surface area contributed by atoms with Crippen LogP contribution in [0.5, 0.6) is 0 Å². The van der Waals surface area contributed by atoms with Gasteiger partial charge in [-0.2, -0.15) is 0 Å². The first-order valence-electron chi connectivity index (χ1n) is 9.21. The van der Waals surface area contributed by atoms with Gasteiger partial charge in [0.25, 0.3) is 5.91 Å². The Bertz CT molecular complexity index is 948. The fraction of sp³-hybridized carbons (Fsp3) is 0.273. The highest BCUT2D eigenvalue weighted by Gasteiger charge is 2.30. The summed E-state index contributed by atoms with van der Waals surface area (Å²) < 4.78 is 0. The Labute approximate surface area is 171 Å². The number of benzene rings is 2. The molecule has 1 aliphatic heterocycles. The lowest BCUT2D eigenvalue weighted by Gasteiger charge is -2.30. The molecule has 0 spiro atoms. The van der Waals surface area contributed by atoms with E-state index in [0.29, 0.717) is 10.7 Å². The summed E-state index contributed by atoms with van der Waals surface area (Å²) in [4.78, 5) is 15.2. The van der Waals surface area contributed by atoms with Gasteiger partial charge in [0.15, 0.2) is 5.11 Å². The van der Waals surface area contributed by atoms with Gasteiger partial charge in [-0.05, 0) is 67.9 Å². The monoisotopic (exact) mass is 394 g/mol. The molecule has 28 heavy (non-hydrogen) atoms. The molecule has 0 aliphatic carbocycles. The molecule has 0 saturated carbocycles. The summed E-state index contributed by atoms with van der Waals surface area (Å²) in [5.74, 6) is -0.143. The molecule has 0 unspecified atom stereocenters. The fourth-order valence-corrected chi connectivity index (χ4v) is 3.56. The van der Waals surface area contributed by atoms with Crippen LogP contribution in [0.2, 0.25) is 0 Å². The summed E-state index contributed by atoms with van der Waals surface area (Å²) in [6.45, 7) is 5.93. The van der Waals surface area contributed by atoms with Crippen LogP contribution in [0.1, 0.15) is 29.7 Å². The Kier molecular flexibility index (Phi) is 5.70. The Morgan fingerprint density at radius 3 is 2.39 bits per heavy atom. The van der Waals surface area contributed by atoms with Crippen LogP contribution >= 0.6 is 12.2 Å². The topological polar surface area (TPSA) is 56.4 Å². The largest absolute Gasteiger partial charge is 0.378 e. The molecule has 0 fully saturated rings. The lowest BCUT2D eigenvalue weighted by atomic mass is 9.94. The van der Waals surface area contributed by atoms with Gasteiger partial charge < -0.3 is 20.9 Å². The van der Waals surface area contributed by atoms with Crippen LogP contribution in [0.3, 0.4) is 0 Å². The SMILES string of the molecule is CC1=C(C(=O)Nc2cccc(C)c2C)[C@H](c2ccc(N(C)C)cc2)NC(=S)N1. The highest BCUT2D eigenvalue weighted by atomic mass is 32.1. The van der Waals surface area contributed by atoms with Gasteiger partial charge in [-0.1, -0.05) is 24.3 Å². The highest BCUT2D eigenvalue weighted by molar-refractivity contribution is 7.80. The third-order valence-corrected chi connectivity index (χ3v) is 5.33. The maximum Gasteiger partial charge on any atom is 0.255 e. The number of hydrogen-bond acceptors (Lipinski definition) is 3. The smallest absolute Gasteiger partial charge is 0.255 e. The first kappa shape index (κ1) is 19.9. The average molecular weight is 395 g/mol. The number of carbonyl (C=O) groups excluding carboxylic acids is 1. The first-order valence-corrected chi connectivity index (χ1v) is 9.62. The van der Waals surface area contributed by atoms with Crippen molar-refractivity contribution in [1.29, 1.82) is 0 Å². The molecule has 3 N–H and O–H groups in total. The minimum Gasteiger partial charge on any atom is -0.378 e. The van der Waals surface area contributed by atoms with Gasteiger partial charge in [0.05, 0.1) is 11.6 Å². The molecular formula is C22H26N4OS. The third-order valence-electron chi connectivity index (χ3n) is 5.11.